The van der Waals surface area contributed by atoms with Crippen molar-refractivity contribution in [2.45, 2.75) is 4.90 Å². The number of rotatable bonds is 10. The molecule has 2 aromatic carbocycles. The van der Waals surface area contributed by atoms with Crippen LogP contribution in [0.5, 0.6) is 0 Å². The SMILES string of the molecule is CS(=O)(=O)CCNc1nccc(-c2sc(N3CCOCC3)nc2-c2ccc(F)c(NS(=O)(=O)c3c(F)cccc3F)c2)n1. The maximum absolute atomic E-state index is 14.9. The Hall–Kier alpha value is -3.80. The molecule has 1 saturated heterocycles. The first-order valence-electron chi connectivity index (χ1n) is 12.8. The summed E-state index contributed by atoms with van der Waals surface area (Å²) in [6.07, 6.45) is 2.60. The van der Waals surface area contributed by atoms with Gasteiger partial charge in [0.15, 0.2) is 10.0 Å². The van der Waals surface area contributed by atoms with Crippen molar-refractivity contribution in [2.75, 3.05) is 59.8 Å². The van der Waals surface area contributed by atoms with Crippen LogP contribution in [0.3, 0.4) is 0 Å². The molecule has 1 aliphatic rings. The third-order valence-electron chi connectivity index (χ3n) is 6.21. The van der Waals surface area contributed by atoms with E-state index in [-0.39, 0.29) is 18.2 Å². The first-order valence-corrected chi connectivity index (χ1v) is 17.1. The van der Waals surface area contributed by atoms with Gasteiger partial charge in [0, 0.05) is 37.7 Å². The molecule has 4 aromatic rings. The molecule has 0 unspecified atom stereocenters. The van der Waals surface area contributed by atoms with Gasteiger partial charge in [-0.3, -0.25) is 4.72 Å². The molecule has 17 heteroatoms. The minimum Gasteiger partial charge on any atom is -0.378 e. The maximum Gasteiger partial charge on any atom is 0.267 e. The Labute approximate surface area is 249 Å². The second-order valence-electron chi connectivity index (χ2n) is 9.45. The maximum atomic E-state index is 14.9. The Balaban J connectivity index is 1.54. The van der Waals surface area contributed by atoms with Crippen molar-refractivity contribution in [1.82, 2.24) is 15.0 Å². The van der Waals surface area contributed by atoms with Crippen molar-refractivity contribution in [3.63, 3.8) is 0 Å². The Morgan fingerprint density at radius 3 is 2.40 bits per heavy atom. The van der Waals surface area contributed by atoms with Gasteiger partial charge < -0.3 is 15.0 Å². The third kappa shape index (κ3) is 7.23. The van der Waals surface area contributed by atoms with Crippen LogP contribution < -0.4 is 14.9 Å². The van der Waals surface area contributed by atoms with Gasteiger partial charge in [-0.05, 0) is 36.4 Å². The molecular weight excluding hydrogens is 630 g/mol. The Morgan fingerprint density at radius 2 is 1.70 bits per heavy atom. The quantitative estimate of drug-likeness (QED) is 0.259. The zero-order valence-electron chi connectivity index (χ0n) is 22.6. The summed E-state index contributed by atoms with van der Waals surface area (Å²) in [6, 6.07) is 7.79. The molecule has 0 spiro atoms. The summed E-state index contributed by atoms with van der Waals surface area (Å²) < 4.78 is 99.6. The topological polar surface area (TPSA) is 143 Å². The fourth-order valence-corrected chi connectivity index (χ4v) is 6.95. The van der Waals surface area contributed by atoms with Gasteiger partial charge in [-0.25, -0.2) is 45.0 Å². The number of sulfonamides is 1. The first-order chi connectivity index (χ1) is 20.4. The predicted molar refractivity (Wildman–Crippen MR) is 157 cm³/mol. The van der Waals surface area contributed by atoms with E-state index in [4.69, 9.17) is 9.72 Å². The van der Waals surface area contributed by atoms with E-state index in [0.717, 1.165) is 30.5 Å². The number of anilines is 3. The smallest absolute Gasteiger partial charge is 0.267 e. The van der Waals surface area contributed by atoms with Gasteiger partial charge in [-0.15, -0.1) is 0 Å². The summed E-state index contributed by atoms with van der Waals surface area (Å²) >= 11 is 1.29. The highest BCUT2D eigenvalue weighted by Crippen LogP contribution is 2.41. The van der Waals surface area contributed by atoms with Gasteiger partial charge >= 0.3 is 0 Å². The number of sulfone groups is 1. The minimum absolute atomic E-state index is 0.0843. The molecule has 3 heterocycles. The highest BCUT2D eigenvalue weighted by molar-refractivity contribution is 7.92. The lowest BCUT2D eigenvalue weighted by Gasteiger charge is -2.26. The summed E-state index contributed by atoms with van der Waals surface area (Å²) in [7, 11) is -8.06. The number of benzene rings is 2. The lowest BCUT2D eigenvalue weighted by Crippen LogP contribution is -2.36. The standard InChI is InChI=1S/C26H25F3N6O5S3/c1-42(36,37)14-9-31-25-30-8-7-20(32-25)23-22(33-26(41-23)35-10-12-40-13-11-35)16-5-6-17(27)21(15-16)34-43(38,39)24-18(28)3-2-4-19(24)29/h2-8,15,34H,9-14H2,1H3,(H,30,31,32). The van der Waals surface area contributed by atoms with Crippen molar-refractivity contribution in [2.24, 2.45) is 0 Å². The van der Waals surface area contributed by atoms with Gasteiger partial charge in [0.25, 0.3) is 10.0 Å². The second kappa shape index (κ2) is 12.4. The van der Waals surface area contributed by atoms with Crippen LogP contribution in [0.15, 0.2) is 53.6 Å². The summed E-state index contributed by atoms with van der Waals surface area (Å²) in [5.74, 6) is -3.59. The first kappa shape index (κ1) is 30.7. The number of ether oxygens (including phenoxy) is 1. The van der Waals surface area contributed by atoms with E-state index >= 15 is 0 Å². The fraction of sp³-hybridized carbons (Fsp3) is 0.269. The molecule has 1 fully saturated rings. The van der Waals surface area contributed by atoms with Crippen LogP contribution in [-0.4, -0.2) is 76.6 Å². The van der Waals surface area contributed by atoms with Crippen LogP contribution in [0.25, 0.3) is 21.8 Å². The third-order valence-corrected chi connectivity index (χ3v) is 9.71. The molecular formula is C26H25F3N6O5S3. The number of hydrogen-bond donors (Lipinski definition) is 2. The minimum atomic E-state index is -4.85. The van der Waals surface area contributed by atoms with E-state index in [1.807, 2.05) is 9.62 Å². The van der Waals surface area contributed by atoms with E-state index in [9.17, 15) is 30.0 Å². The lowest BCUT2D eigenvalue weighted by molar-refractivity contribution is 0.122. The molecule has 0 atom stereocenters. The van der Waals surface area contributed by atoms with E-state index in [0.29, 0.717) is 53.3 Å². The normalized spacial score (nSPS) is 14.1. The van der Waals surface area contributed by atoms with Crippen LogP contribution in [0.1, 0.15) is 0 Å². The molecule has 0 amide bonds. The number of nitrogens with zero attached hydrogens (tertiary/aromatic N) is 4. The van der Waals surface area contributed by atoms with Crippen molar-refractivity contribution >= 4 is 48.0 Å². The molecule has 11 nitrogen and oxygen atoms in total. The van der Waals surface area contributed by atoms with Crippen molar-refractivity contribution in [1.29, 1.82) is 0 Å². The van der Waals surface area contributed by atoms with Crippen LogP contribution in [0, 0.1) is 17.5 Å². The molecule has 228 valence electrons. The number of halogens is 3. The zero-order valence-corrected chi connectivity index (χ0v) is 25.0. The lowest BCUT2D eigenvalue weighted by atomic mass is 10.1. The van der Waals surface area contributed by atoms with Gasteiger partial charge in [0.05, 0.1) is 40.9 Å². The van der Waals surface area contributed by atoms with Gasteiger partial charge in [-0.1, -0.05) is 17.4 Å². The van der Waals surface area contributed by atoms with Crippen molar-refractivity contribution < 1.29 is 34.7 Å². The average molecular weight is 655 g/mol. The molecule has 0 aliphatic carbocycles. The Morgan fingerprint density at radius 1 is 0.977 bits per heavy atom. The number of aromatic nitrogens is 3. The van der Waals surface area contributed by atoms with E-state index in [1.54, 1.807) is 6.07 Å². The molecule has 1 aliphatic heterocycles. The molecule has 2 N–H and O–H groups in total. The Bertz CT molecular complexity index is 1850. The number of hydrogen-bond acceptors (Lipinski definition) is 11. The van der Waals surface area contributed by atoms with Crippen molar-refractivity contribution in [3.05, 3.63) is 66.1 Å². The molecule has 0 saturated carbocycles. The van der Waals surface area contributed by atoms with Crippen LogP contribution in [0.4, 0.5) is 29.9 Å². The second-order valence-corrected chi connectivity index (χ2v) is 14.3. The molecule has 0 radical (unpaired) electrons. The summed E-state index contributed by atoms with van der Waals surface area (Å²) in [4.78, 5) is 14.7. The van der Waals surface area contributed by atoms with Gasteiger partial charge in [-0.2, -0.15) is 0 Å². The van der Waals surface area contributed by atoms with E-state index < -0.39 is 47.9 Å². The molecule has 2 aromatic heterocycles. The molecule has 43 heavy (non-hydrogen) atoms. The van der Waals surface area contributed by atoms with Gasteiger partial charge in [0.2, 0.25) is 5.95 Å². The summed E-state index contributed by atoms with van der Waals surface area (Å²) in [5.41, 5.74) is 0.510. The molecule has 0 bridgehead atoms. The average Bonchev–Trinajstić information content (AvgIpc) is 3.40. The van der Waals surface area contributed by atoms with Crippen LogP contribution in [-0.2, 0) is 24.6 Å². The largest absolute Gasteiger partial charge is 0.378 e. The zero-order chi connectivity index (χ0) is 30.8. The highest BCUT2D eigenvalue weighted by atomic mass is 32.2. The highest BCUT2D eigenvalue weighted by Gasteiger charge is 2.26. The number of nitrogens with one attached hydrogen (secondary N) is 2. The monoisotopic (exact) mass is 654 g/mol. The summed E-state index contributed by atoms with van der Waals surface area (Å²) in [6.45, 7) is 2.19. The van der Waals surface area contributed by atoms with Crippen LogP contribution >= 0.6 is 11.3 Å². The number of thiazole rings is 1. The predicted octanol–water partition coefficient (Wildman–Crippen LogP) is 3.78. The van der Waals surface area contributed by atoms with Gasteiger partial charge in [0.1, 0.15) is 27.3 Å². The van der Waals surface area contributed by atoms with E-state index in [1.165, 1.54) is 29.7 Å². The van der Waals surface area contributed by atoms with E-state index in [2.05, 4.69) is 15.3 Å². The number of morpholine rings is 1. The molecule has 5 rings (SSSR count). The van der Waals surface area contributed by atoms with Crippen molar-refractivity contribution in [3.8, 4) is 21.8 Å². The van der Waals surface area contributed by atoms with Crippen LogP contribution in [0.2, 0.25) is 0 Å². The Kier molecular flexibility index (Phi) is 8.86. The fourth-order valence-electron chi connectivity index (χ4n) is 4.17. The summed E-state index contributed by atoms with van der Waals surface area (Å²) in [5, 5.41) is 3.49.